The molecule has 0 saturated carbocycles. The molecule has 0 atom stereocenters. The van der Waals surface area contributed by atoms with E-state index in [0.29, 0.717) is 66.1 Å². The van der Waals surface area contributed by atoms with Crippen LogP contribution < -0.4 is 24.7 Å². The zero-order chi connectivity index (χ0) is 19.5. The molecule has 0 aliphatic carbocycles. The molecule has 0 radical (unpaired) electrons. The number of aromatic nitrogens is 1. The molecule has 0 unspecified atom stereocenters. The van der Waals surface area contributed by atoms with Gasteiger partial charge < -0.3 is 29.4 Å². The molecule has 8 heteroatoms. The smallest absolute Gasteiger partial charge is 0.204 e. The number of nitrogen functional groups attached to an aromatic ring is 1. The van der Waals surface area contributed by atoms with Crippen LogP contribution in [0.1, 0.15) is 0 Å². The maximum absolute atomic E-state index is 13.8. The predicted molar refractivity (Wildman–Crippen MR) is 101 cm³/mol. The normalized spacial score (nSPS) is 12.8. The number of halogens is 1. The first-order valence-corrected chi connectivity index (χ1v) is 8.73. The van der Waals surface area contributed by atoms with Crippen molar-refractivity contribution in [3.05, 3.63) is 42.3 Å². The van der Waals surface area contributed by atoms with Gasteiger partial charge in [-0.3, -0.25) is 4.98 Å². The molecule has 1 aliphatic heterocycles. The van der Waals surface area contributed by atoms with Gasteiger partial charge in [-0.05, 0) is 18.2 Å². The average molecular weight is 386 g/mol. The SMILES string of the molecule is COCCOc1cc2nccc(Oc3ccc(N)c(F)c3)c2c2c1OCCO2. The van der Waals surface area contributed by atoms with Crippen molar-refractivity contribution >= 4 is 16.6 Å². The molecule has 0 bridgehead atoms. The van der Waals surface area contributed by atoms with E-state index >= 15 is 0 Å². The highest BCUT2D eigenvalue weighted by Gasteiger charge is 2.24. The largest absolute Gasteiger partial charge is 0.487 e. The lowest BCUT2D eigenvalue weighted by molar-refractivity contribution is 0.134. The number of benzene rings is 2. The van der Waals surface area contributed by atoms with Gasteiger partial charge in [0.05, 0.1) is 23.2 Å². The molecule has 0 amide bonds. The van der Waals surface area contributed by atoms with Gasteiger partial charge >= 0.3 is 0 Å². The van der Waals surface area contributed by atoms with E-state index in [1.54, 1.807) is 31.5 Å². The Labute approximate surface area is 160 Å². The maximum atomic E-state index is 13.8. The fourth-order valence-electron chi connectivity index (χ4n) is 2.90. The number of nitrogens with two attached hydrogens (primary N) is 1. The second kappa shape index (κ2) is 7.77. The van der Waals surface area contributed by atoms with Crippen molar-refractivity contribution in [2.75, 3.05) is 39.3 Å². The monoisotopic (exact) mass is 386 g/mol. The standard InChI is InChI=1S/C20H19FN2O5/c1-24-6-7-25-17-11-15-18(20-19(17)26-8-9-27-20)16(4-5-23-15)28-12-2-3-14(22)13(21)10-12/h2-5,10-11H,6-9,22H2,1H3. The maximum Gasteiger partial charge on any atom is 0.204 e. The molecule has 2 heterocycles. The van der Waals surface area contributed by atoms with Crippen molar-refractivity contribution in [1.29, 1.82) is 0 Å². The van der Waals surface area contributed by atoms with Crippen LogP contribution >= 0.6 is 0 Å². The van der Waals surface area contributed by atoms with Crippen molar-refractivity contribution in [3.63, 3.8) is 0 Å². The Kier molecular flexibility index (Phi) is 5.03. The summed E-state index contributed by atoms with van der Waals surface area (Å²) >= 11 is 0. The Balaban J connectivity index is 1.78. The summed E-state index contributed by atoms with van der Waals surface area (Å²) in [6.45, 7) is 1.58. The number of fused-ring (bicyclic) bond motifs is 3. The van der Waals surface area contributed by atoms with Crippen LogP contribution in [0, 0.1) is 5.82 Å². The molecule has 1 aliphatic rings. The first-order chi connectivity index (χ1) is 13.7. The highest BCUT2D eigenvalue weighted by atomic mass is 19.1. The molecule has 0 fully saturated rings. The molecule has 4 rings (SSSR count). The molecular formula is C20H19FN2O5. The first-order valence-electron chi connectivity index (χ1n) is 8.73. The van der Waals surface area contributed by atoms with Crippen molar-refractivity contribution in [3.8, 4) is 28.7 Å². The van der Waals surface area contributed by atoms with E-state index in [-0.39, 0.29) is 5.69 Å². The highest BCUT2D eigenvalue weighted by molar-refractivity contribution is 5.95. The Hall–Kier alpha value is -3.26. The minimum Gasteiger partial charge on any atom is -0.487 e. The summed E-state index contributed by atoms with van der Waals surface area (Å²) in [5.74, 6) is 1.70. The van der Waals surface area contributed by atoms with Gasteiger partial charge in [-0.15, -0.1) is 0 Å². The summed E-state index contributed by atoms with van der Waals surface area (Å²) < 4.78 is 42.1. The van der Waals surface area contributed by atoms with Crippen LogP contribution in [0.2, 0.25) is 0 Å². The van der Waals surface area contributed by atoms with Gasteiger partial charge in [0.1, 0.15) is 37.1 Å². The number of anilines is 1. The van der Waals surface area contributed by atoms with E-state index in [1.807, 2.05) is 0 Å². The third-order valence-electron chi connectivity index (χ3n) is 4.19. The van der Waals surface area contributed by atoms with E-state index in [2.05, 4.69) is 4.98 Å². The molecule has 1 aromatic heterocycles. The van der Waals surface area contributed by atoms with Gasteiger partial charge in [0.15, 0.2) is 11.5 Å². The molecular weight excluding hydrogens is 367 g/mol. The van der Waals surface area contributed by atoms with Crippen LogP contribution in [0.25, 0.3) is 10.9 Å². The van der Waals surface area contributed by atoms with Crippen molar-refractivity contribution < 1.29 is 28.1 Å². The zero-order valence-electron chi connectivity index (χ0n) is 15.2. The summed E-state index contributed by atoms with van der Waals surface area (Å²) in [5, 5.41) is 0.619. The van der Waals surface area contributed by atoms with E-state index < -0.39 is 5.82 Å². The third kappa shape index (κ3) is 3.46. The lowest BCUT2D eigenvalue weighted by Gasteiger charge is -2.23. The summed E-state index contributed by atoms with van der Waals surface area (Å²) in [6.07, 6.45) is 1.60. The van der Waals surface area contributed by atoms with Crippen LogP contribution in [-0.2, 0) is 4.74 Å². The van der Waals surface area contributed by atoms with Crippen LogP contribution in [0.3, 0.4) is 0 Å². The molecule has 0 spiro atoms. The van der Waals surface area contributed by atoms with E-state index in [9.17, 15) is 4.39 Å². The van der Waals surface area contributed by atoms with Crippen molar-refractivity contribution in [2.45, 2.75) is 0 Å². The van der Waals surface area contributed by atoms with Gasteiger partial charge in [0.25, 0.3) is 0 Å². The summed E-state index contributed by atoms with van der Waals surface area (Å²) in [5.41, 5.74) is 6.19. The number of hydrogen-bond acceptors (Lipinski definition) is 7. The predicted octanol–water partition coefficient (Wildman–Crippen LogP) is 3.54. The summed E-state index contributed by atoms with van der Waals surface area (Å²) in [6, 6.07) is 7.71. The van der Waals surface area contributed by atoms with E-state index in [4.69, 9.17) is 29.4 Å². The lowest BCUT2D eigenvalue weighted by Crippen LogP contribution is -2.17. The Morgan fingerprint density at radius 2 is 1.89 bits per heavy atom. The molecule has 3 aromatic rings. The van der Waals surface area contributed by atoms with Gasteiger partial charge in [-0.1, -0.05) is 0 Å². The fraction of sp³-hybridized carbons (Fsp3) is 0.250. The average Bonchev–Trinajstić information content (AvgIpc) is 2.71. The summed E-state index contributed by atoms with van der Waals surface area (Å²) in [4.78, 5) is 4.39. The van der Waals surface area contributed by atoms with Crippen molar-refractivity contribution in [1.82, 2.24) is 4.98 Å². The molecule has 0 saturated heterocycles. The van der Waals surface area contributed by atoms with Crippen LogP contribution in [0.15, 0.2) is 36.5 Å². The third-order valence-corrected chi connectivity index (χ3v) is 4.19. The number of hydrogen-bond donors (Lipinski definition) is 1. The van der Waals surface area contributed by atoms with Gasteiger partial charge in [-0.25, -0.2) is 4.39 Å². The number of pyridine rings is 1. The Bertz CT molecular complexity index is 1010. The van der Waals surface area contributed by atoms with Gasteiger partial charge in [0, 0.05) is 25.4 Å². The highest BCUT2D eigenvalue weighted by Crippen LogP contribution is 2.48. The zero-order valence-corrected chi connectivity index (χ0v) is 15.2. The van der Waals surface area contributed by atoms with Crippen LogP contribution in [0.4, 0.5) is 10.1 Å². The van der Waals surface area contributed by atoms with E-state index in [1.165, 1.54) is 12.1 Å². The minimum atomic E-state index is -0.550. The van der Waals surface area contributed by atoms with Gasteiger partial charge in [-0.2, -0.15) is 0 Å². The second-order valence-electron chi connectivity index (χ2n) is 6.06. The van der Waals surface area contributed by atoms with Gasteiger partial charge in [0.2, 0.25) is 5.75 Å². The first kappa shape index (κ1) is 18.1. The number of nitrogens with zero attached hydrogens (tertiary/aromatic N) is 1. The molecule has 28 heavy (non-hydrogen) atoms. The number of ether oxygens (including phenoxy) is 5. The Morgan fingerprint density at radius 1 is 1.07 bits per heavy atom. The number of methoxy groups -OCH3 is 1. The topological polar surface area (TPSA) is 85.1 Å². The molecule has 7 nitrogen and oxygen atoms in total. The summed E-state index contributed by atoms with van der Waals surface area (Å²) in [7, 11) is 1.60. The van der Waals surface area contributed by atoms with E-state index in [0.717, 1.165) is 0 Å². The fourth-order valence-corrected chi connectivity index (χ4v) is 2.90. The second-order valence-corrected chi connectivity index (χ2v) is 6.06. The lowest BCUT2D eigenvalue weighted by atomic mass is 10.1. The van der Waals surface area contributed by atoms with Crippen LogP contribution in [0.5, 0.6) is 28.7 Å². The Morgan fingerprint density at radius 3 is 2.68 bits per heavy atom. The van der Waals surface area contributed by atoms with Crippen LogP contribution in [-0.4, -0.2) is 38.5 Å². The minimum absolute atomic E-state index is 0.0545. The number of rotatable bonds is 6. The quantitative estimate of drug-likeness (QED) is 0.512. The molecule has 146 valence electrons. The molecule has 2 N–H and O–H groups in total. The molecule has 2 aromatic carbocycles. The van der Waals surface area contributed by atoms with Crippen molar-refractivity contribution in [2.24, 2.45) is 0 Å².